The van der Waals surface area contributed by atoms with E-state index >= 15 is 0 Å². The van der Waals surface area contributed by atoms with Crippen molar-refractivity contribution >= 4 is 17.6 Å². The second-order valence-electron chi connectivity index (χ2n) is 6.17. The van der Waals surface area contributed by atoms with E-state index in [0.717, 1.165) is 5.56 Å². The summed E-state index contributed by atoms with van der Waals surface area (Å²) in [7, 11) is 0. The molecule has 0 spiro atoms. The Kier molecular flexibility index (Phi) is 4.16. The van der Waals surface area contributed by atoms with Crippen molar-refractivity contribution in [1.82, 2.24) is 10.2 Å². The maximum absolute atomic E-state index is 13.3. The van der Waals surface area contributed by atoms with Gasteiger partial charge >= 0.3 is 0 Å². The van der Waals surface area contributed by atoms with Gasteiger partial charge < -0.3 is 16.0 Å². The van der Waals surface area contributed by atoms with Crippen molar-refractivity contribution in [2.75, 3.05) is 13.1 Å². The lowest BCUT2D eigenvalue weighted by Gasteiger charge is -2.28. The van der Waals surface area contributed by atoms with Crippen molar-refractivity contribution in [3.05, 3.63) is 29.6 Å². The summed E-state index contributed by atoms with van der Waals surface area (Å²) in [4.78, 5) is 17.9. The molecule has 3 N–H and O–H groups in total. The number of halogens is 1. The van der Waals surface area contributed by atoms with E-state index in [4.69, 9.17) is 5.73 Å². The van der Waals surface area contributed by atoms with E-state index in [9.17, 15) is 9.18 Å². The third-order valence-electron chi connectivity index (χ3n) is 3.31. The van der Waals surface area contributed by atoms with Crippen molar-refractivity contribution < 1.29 is 9.18 Å². The molecule has 0 fully saturated rings. The van der Waals surface area contributed by atoms with E-state index < -0.39 is 5.41 Å². The Balaban J connectivity index is 1.96. The Morgan fingerprint density at radius 3 is 2.86 bits per heavy atom. The molecule has 0 saturated carbocycles. The highest BCUT2D eigenvalue weighted by molar-refractivity contribution is 5.84. The topological polar surface area (TPSA) is 70.7 Å². The lowest BCUT2D eigenvalue weighted by atomic mass is 9.96. The molecule has 5 nitrogen and oxygen atoms in total. The summed E-state index contributed by atoms with van der Waals surface area (Å²) < 4.78 is 13.3. The molecule has 114 valence electrons. The smallest absolute Gasteiger partial charge is 0.225 e. The molecule has 1 heterocycles. The number of hydrogen-bond donors (Lipinski definition) is 2. The molecule has 1 amide bonds. The zero-order valence-corrected chi connectivity index (χ0v) is 12.6. The quantitative estimate of drug-likeness (QED) is 0.891. The predicted molar refractivity (Wildman–Crippen MR) is 80.6 cm³/mol. The van der Waals surface area contributed by atoms with Gasteiger partial charge in [-0.25, -0.2) is 9.38 Å². The molecule has 1 aromatic carbocycles. The number of carbonyl (C=O) groups excluding carboxylic acids is 1. The minimum absolute atomic E-state index is 0.0125. The Hall–Kier alpha value is -2.11. The van der Waals surface area contributed by atoms with Crippen LogP contribution in [-0.4, -0.2) is 29.9 Å². The molecule has 1 aliphatic rings. The van der Waals surface area contributed by atoms with Crippen LogP contribution in [0, 0.1) is 11.2 Å². The number of nitrogens with two attached hydrogens (primary N) is 1. The molecule has 6 heteroatoms. The number of guanidine groups is 1. The molecule has 21 heavy (non-hydrogen) atoms. The maximum atomic E-state index is 13.3. The predicted octanol–water partition coefficient (Wildman–Crippen LogP) is 1.75. The van der Waals surface area contributed by atoms with Crippen molar-refractivity contribution in [1.29, 1.82) is 0 Å². The van der Waals surface area contributed by atoms with Crippen molar-refractivity contribution in [2.45, 2.75) is 27.3 Å². The minimum Gasteiger partial charge on any atom is -0.369 e. The van der Waals surface area contributed by atoms with Gasteiger partial charge in [-0.2, -0.15) is 0 Å². The monoisotopic (exact) mass is 292 g/mol. The number of carbonyl (C=O) groups is 1. The summed E-state index contributed by atoms with van der Waals surface area (Å²) in [6.07, 6.45) is 0. The zero-order chi connectivity index (χ0) is 15.6. The first-order valence-corrected chi connectivity index (χ1v) is 6.93. The first kappa shape index (κ1) is 15.3. The van der Waals surface area contributed by atoms with Crippen LogP contribution in [0.5, 0.6) is 0 Å². The number of benzene rings is 1. The molecule has 0 aliphatic carbocycles. The Morgan fingerprint density at radius 2 is 2.19 bits per heavy atom. The highest BCUT2D eigenvalue weighted by atomic mass is 19.1. The summed E-state index contributed by atoms with van der Waals surface area (Å²) in [5.41, 5.74) is 6.98. The fraction of sp³-hybridized carbons (Fsp3) is 0.467. The molecule has 0 atom stereocenters. The third-order valence-corrected chi connectivity index (χ3v) is 3.31. The number of hydrogen-bond acceptors (Lipinski definition) is 4. The summed E-state index contributed by atoms with van der Waals surface area (Å²) >= 11 is 0. The molecule has 0 bridgehead atoms. The van der Waals surface area contributed by atoms with Gasteiger partial charge in [0.1, 0.15) is 5.82 Å². The van der Waals surface area contributed by atoms with Crippen LogP contribution in [0.15, 0.2) is 23.2 Å². The number of nitrogens with zero attached hydrogens (tertiary/aromatic N) is 2. The largest absolute Gasteiger partial charge is 0.369 e. The van der Waals surface area contributed by atoms with Crippen molar-refractivity contribution in [3.63, 3.8) is 0 Å². The van der Waals surface area contributed by atoms with Gasteiger partial charge in [0.15, 0.2) is 5.96 Å². The number of amides is 1. The molecule has 0 saturated heterocycles. The lowest BCUT2D eigenvalue weighted by molar-refractivity contribution is -0.128. The highest BCUT2D eigenvalue weighted by Crippen LogP contribution is 2.25. The van der Waals surface area contributed by atoms with Gasteiger partial charge in [-0.3, -0.25) is 4.79 Å². The van der Waals surface area contributed by atoms with E-state index in [-0.39, 0.29) is 11.7 Å². The Morgan fingerprint density at radius 1 is 1.48 bits per heavy atom. The number of rotatable bonds is 3. The van der Waals surface area contributed by atoms with Gasteiger partial charge in [0, 0.05) is 30.6 Å². The van der Waals surface area contributed by atoms with Gasteiger partial charge in [0.25, 0.3) is 0 Å². The van der Waals surface area contributed by atoms with Crippen molar-refractivity contribution in [3.8, 4) is 0 Å². The molecule has 0 aromatic heterocycles. The molecular weight excluding hydrogens is 271 g/mol. The van der Waals surface area contributed by atoms with E-state index in [1.54, 1.807) is 6.07 Å². The average molecular weight is 292 g/mol. The minimum atomic E-state index is -0.419. The van der Waals surface area contributed by atoms with Crippen LogP contribution in [-0.2, 0) is 11.3 Å². The van der Waals surface area contributed by atoms with Gasteiger partial charge in [-0.05, 0) is 18.2 Å². The number of aliphatic imine (C=N–C) groups is 1. The summed E-state index contributed by atoms with van der Waals surface area (Å²) in [6.45, 7) is 7.08. The van der Waals surface area contributed by atoms with Crippen LogP contribution in [0.25, 0.3) is 0 Å². The average Bonchev–Trinajstić information content (AvgIpc) is 2.38. The van der Waals surface area contributed by atoms with E-state index in [1.807, 2.05) is 25.7 Å². The zero-order valence-electron chi connectivity index (χ0n) is 12.6. The summed E-state index contributed by atoms with van der Waals surface area (Å²) in [5.74, 6) is 0.0889. The fourth-order valence-corrected chi connectivity index (χ4v) is 2.03. The first-order chi connectivity index (χ1) is 9.77. The molecule has 2 rings (SSSR count). The van der Waals surface area contributed by atoms with Gasteiger partial charge in [-0.1, -0.05) is 20.8 Å². The van der Waals surface area contributed by atoms with E-state index in [0.29, 0.717) is 31.3 Å². The fourth-order valence-electron chi connectivity index (χ4n) is 2.03. The highest BCUT2D eigenvalue weighted by Gasteiger charge is 2.22. The Labute approximate surface area is 124 Å². The SMILES string of the molecule is CC(C)(C)C(=O)NCCN1Cc2cc(F)ccc2N=C1N. The number of fused-ring (bicyclic) bond motifs is 1. The second-order valence-corrected chi connectivity index (χ2v) is 6.17. The van der Waals surface area contributed by atoms with Crippen LogP contribution >= 0.6 is 0 Å². The number of nitrogens with one attached hydrogen (secondary N) is 1. The molecule has 0 unspecified atom stereocenters. The normalized spacial score (nSPS) is 14.5. The van der Waals surface area contributed by atoms with Crippen LogP contribution in [0.4, 0.5) is 10.1 Å². The second kappa shape index (κ2) is 5.71. The Bertz CT molecular complexity index is 578. The molecule has 1 aliphatic heterocycles. The van der Waals surface area contributed by atoms with Crippen LogP contribution < -0.4 is 11.1 Å². The van der Waals surface area contributed by atoms with Gasteiger partial charge in [0.2, 0.25) is 5.91 Å². The van der Waals surface area contributed by atoms with Gasteiger partial charge in [-0.15, -0.1) is 0 Å². The summed E-state index contributed by atoms with van der Waals surface area (Å²) in [6, 6.07) is 4.46. The molecular formula is C15H21FN4O. The van der Waals surface area contributed by atoms with Crippen LogP contribution in [0.2, 0.25) is 0 Å². The third kappa shape index (κ3) is 3.71. The van der Waals surface area contributed by atoms with E-state index in [2.05, 4.69) is 10.3 Å². The van der Waals surface area contributed by atoms with Crippen molar-refractivity contribution in [2.24, 2.45) is 16.1 Å². The van der Waals surface area contributed by atoms with E-state index in [1.165, 1.54) is 12.1 Å². The maximum Gasteiger partial charge on any atom is 0.225 e. The van der Waals surface area contributed by atoms with Gasteiger partial charge in [0.05, 0.1) is 5.69 Å². The first-order valence-electron chi connectivity index (χ1n) is 6.93. The molecule has 0 radical (unpaired) electrons. The lowest BCUT2D eigenvalue weighted by Crippen LogP contribution is -2.44. The van der Waals surface area contributed by atoms with Crippen LogP contribution in [0.1, 0.15) is 26.3 Å². The summed E-state index contributed by atoms with van der Waals surface area (Å²) in [5, 5.41) is 2.86. The molecule has 1 aromatic rings. The standard InChI is InChI=1S/C15H21FN4O/c1-15(2,3)13(21)18-6-7-20-9-10-8-11(16)4-5-12(10)19-14(20)17/h4-5,8H,6-7,9H2,1-3H3,(H2,17,19)(H,18,21). The van der Waals surface area contributed by atoms with Crippen LogP contribution in [0.3, 0.4) is 0 Å².